The molecule has 2 aliphatic rings. The zero-order valence-corrected chi connectivity index (χ0v) is 15.5. The molecule has 0 aliphatic carbocycles. The number of hydrogen-bond acceptors (Lipinski definition) is 5. The van der Waals surface area contributed by atoms with E-state index in [0.29, 0.717) is 24.4 Å². The number of amidine groups is 1. The van der Waals surface area contributed by atoms with Crippen LogP contribution in [0.15, 0.2) is 57.7 Å². The van der Waals surface area contributed by atoms with Gasteiger partial charge in [-0.3, -0.25) is 9.79 Å². The molecule has 5 rings (SSSR count). The summed E-state index contributed by atoms with van der Waals surface area (Å²) in [5, 5.41) is 12.1. The van der Waals surface area contributed by atoms with Gasteiger partial charge in [-0.15, -0.1) is 16.4 Å². The van der Waals surface area contributed by atoms with Crippen LogP contribution in [0.3, 0.4) is 0 Å². The van der Waals surface area contributed by atoms with Gasteiger partial charge in [0.1, 0.15) is 5.84 Å². The quantitative estimate of drug-likeness (QED) is 0.711. The van der Waals surface area contributed by atoms with Gasteiger partial charge in [0, 0.05) is 33.5 Å². The Morgan fingerprint density at radius 3 is 2.85 bits per heavy atom. The molecule has 0 fully saturated rings. The van der Waals surface area contributed by atoms with E-state index in [4.69, 9.17) is 0 Å². The van der Waals surface area contributed by atoms with E-state index < -0.39 is 0 Å². The fourth-order valence-corrected chi connectivity index (χ4v) is 4.52. The molecule has 1 aromatic heterocycles. The molecule has 0 radical (unpaired) electrons. The molecule has 0 saturated heterocycles. The first-order chi connectivity index (χ1) is 13.2. The van der Waals surface area contributed by atoms with Crippen LogP contribution >= 0.6 is 11.3 Å². The molecule has 0 spiro atoms. The summed E-state index contributed by atoms with van der Waals surface area (Å²) in [7, 11) is 0. The Morgan fingerprint density at radius 1 is 1.15 bits per heavy atom. The van der Waals surface area contributed by atoms with Crippen molar-refractivity contribution in [1.82, 2.24) is 5.32 Å². The predicted octanol–water partition coefficient (Wildman–Crippen LogP) is 4.41. The number of amides is 1. The van der Waals surface area contributed by atoms with E-state index in [1.165, 1.54) is 15.6 Å². The van der Waals surface area contributed by atoms with Gasteiger partial charge in [-0.25, -0.2) is 0 Å². The molecule has 2 aliphatic heterocycles. The molecule has 132 valence electrons. The largest absolute Gasteiger partial charge is 0.308 e. The molecule has 1 N–H and O–H groups in total. The Hall–Kier alpha value is -3.12. The van der Waals surface area contributed by atoms with Crippen molar-refractivity contribution < 1.29 is 4.79 Å². The number of thiophene rings is 1. The Morgan fingerprint density at radius 2 is 2.04 bits per heavy atom. The molecule has 0 bridgehead atoms. The first kappa shape index (κ1) is 16.1. The lowest BCUT2D eigenvalue weighted by Crippen LogP contribution is -2.30. The van der Waals surface area contributed by atoms with Gasteiger partial charge < -0.3 is 5.32 Å². The van der Waals surface area contributed by atoms with Crippen LogP contribution in [0.4, 0.5) is 0 Å². The number of hydrogen-bond donors (Lipinski definition) is 1. The first-order valence-corrected chi connectivity index (χ1v) is 9.56. The summed E-state index contributed by atoms with van der Waals surface area (Å²) in [5.41, 5.74) is 4.78. The highest BCUT2D eigenvalue weighted by Crippen LogP contribution is 2.38. The standard InChI is InChI=1S/C21H16N4OS/c1-12-6-20(25-24-12)23-21(26)14-7-15-10-22-11-17(15)16(8-14)19-9-13-4-2-3-5-18(13)27-19/h2-5,7-10H,6,11H2,1H3,(H,23,25,26). The lowest BCUT2D eigenvalue weighted by atomic mass is 9.97. The summed E-state index contributed by atoms with van der Waals surface area (Å²) >= 11 is 1.74. The third-order valence-electron chi connectivity index (χ3n) is 4.74. The molecule has 0 unspecified atom stereocenters. The molecular weight excluding hydrogens is 356 g/mol. The molecule has 2 aromatic carbocycles. The maximum atomic E-state index is 12.8. The van der Waals surface area contributed by atoms with Crippen LogP contribution < -0.4 is 5.32 Å². The number of carbonyl (C=O) groups is 1. The molecule has 1 amide bonds. The lowest BCUT2D eigenvalue weighted by Gasteiger charge is -2.10. The minimum Gasteiger partial charge on any atom is -0.308 e. The molecular formula is C21H16N4OS. The normalized spacial score (nSPS) is 15.0. The third kappa shape index (κ3) is 2.88. The third-order valence-corrected chi connectivity index (χ3v) is 5.89. The predicted molar refractivity (Wildman–Crippen MR) is 111 cm³/mol. The molecule has 5 nitrogen and oxygen atoms in total. The average Bonchev–Trinajstić information content (AvgIpc) is 3.39. The molecule has 27 heavy (non-hydrogen) atoms. The Kier molecular flexibility index (Phi) is 3.72. The van der Waals surface area contributed by atoms with Crippen molar-refractivity contribution in [3.05, 3.63) is 59.2 Å². The number of nitrogens with one attached hydrogen (secondary N) is 1. The molecule has 3 heterocycles. The second kappa shape index (κ2) is 6.25. The molecule has 0 saturated carbocycles. The van der Waals surface area contributed by atoms with Crippen LogP contribution in [0.1, 0.15) is 34.8 Å². The van der Waals surface area contributed by atoms with E-state index in [2.05, 4.69) is 38.7 Å². The first-order valence-electron chi connectivity index (χ1n) is 8.74. The highest BCUT2D eigenvalue weighted by molar-refractivity contribution is 7.22. The topological polar surface area (TPSA) is 66.2 Å². The fraction of sp³-hybridized carbons (Fsp3) is 0.143. The van der Waals surface area contributed by atoms with E-state index in [1.807, 2.05) is 37.4 Å². The van der Waals surface area contributed by atoms with Crippen LogP contribution in [0.2, 0.25) is 0 Å². The van der Waals surface area contributed by atoms with Gasteiger partial charge in [-0.05, 0) is 53.3 Å². The minimum atomic E-state index is -0.163. The van der Waals surface area contributed by atoms with Gasteiger partial charge in [-0.2, -0.15) is 5.10 Å². The van der Waals surface area contributed by atoms with Crippen molar-refractivity contribution in [1.29, 1.82) is 0 Å². The number of nitrogens with zero attached hydrogens (tertiary/aromatic N) is 3. The summed E-state index contributed by atoms with van der Waals surface area (Å²) in [6.07, 6.45) is 2.44. The highest BCUT2D eigenvalue weighted by Gasteiger charge is 2.20. The van der Waals surface area contributed by atoms with E-state index in [9.17, 15) is 4.79 Å². The van der Waals surface area contributed by atoms with Gasteiger partial charge in [-0.1, -0.05) is 18.2 Å². The SMILES string of the molecule is CC1=NN=C(NC(=O)c2cc3c(c(-c4cc5ccccc5s4)c2)CN=C3)C1. The van der Waals surface area contributed by atoms with E-state index in [0.717, 1.165) is 21.7 Å². The molecule has 6 heteroatoms. The summed E-state index contributed by atoms with van der Waals surface area (Å²) in [6.45, 7) is 2.55. The Labute approximate surface area is 160 Å². The Balaban J connectivity index is 1.55. The van der Waals surface area contributed by atoms with Gasteiger partial charge >= 0.3 is 0 Å². The van der Waals surface area contributed by atoms with Gasteiger partial charge in [0.25, 0.3) is 5.91 Å². The lowest BCUT2D eigenvalue weighted by molar-refractivity contribution is 0.0976. The smallest absolute Gasteiger partial charge is 0.256 e. The van der Waals surface area contributed by atoms with E-state index in [-0.39, 0.29) is 5.91 Å². The maximum Gasteiger partial charge on any atom is 0.256 e. The van der Waals surface area contributed by atoms with E-state index >= 15 is 0 Å². The van der Waals surface area contributed by atoms with Crippen LogP contribution in [-0.2, 0) is 6.54 Å². The Bertz CT molecular complexity index is 1150. The van der Waals surface area contributed by atoms with Crippen molar-refractivity contribution in [2.24, 2.45) is 15.2 Å². The zero-order valence-electron chi connectivity index (χ0n) is 14.7. The van der Waals surface area contributed by atoms with E-state index in [1.54, 1.807) is 11.3 Å². The minimum absolute atomic E-state index is 0.163. The molecule has 0 atom stereocenters. The van der Waals surface area contributed by atoms with Crippen molar-refractivity contribution in [3.8, 4) is 10.4 Å². The summed E-state index contributed by atoms with van der Waals surface area (Å²) in [4.78, 5) is 18.3. The number of benzene rings is 2. The number of rotatable bonds is 2. The van der Waals surface area contributed by atoms with Crippen LogP contribution in [0.5, 0.6) is 0 Å². The summed E-state index contributed by atoms with van der Waals surface area (Å²) < 4.78 is 1.24. The number of aliphatic imine (C=N–C) groups is 1. The molecule has 3 aromatic rings. The van der Waals surface area contributed by atoms with Gasteiger partial charge in [0.15, 0.2) is 0 Å². The van der Waals surface area contributed by atoms with Crippen molar-refractivity contribution in [2.45, 2.75) is 19.9 Å². The second-order valence-electron chi connectivity index (χ2n) is 6.72. The monoisotopic (exact) mass is 372 g/mol. The summed E-state index contributed by atoms with van der Waals surface area (Å²) in [5.74, 6) is 0.430. The number of fused-ring (bicyclic) bond motifs is 2. The van der Waals surface area contributed by atoms with Crippen molar-refractivity contribution >= 4 is 45.1 Å². The van der Waals surface area contributed by atoms with Crippen LogP contribution in [0, 0.1) is 0 Å². The van der Waals surface area contributed by atoms with Gasteiger partial charge in [0.05, 0.1) is 6.54 Å². The average molecular weight is 372 g/mol. The second-order valence-corrected chi connectivity index (χ2v) is 7.81. The van der Waals surface area contributed by atoms with Gasteiger partial charge in [0.2, 0.25) is 0 Å². The summed E-state index contributed by atoms with van der Waals surface area (Å²) in [6, 6.07) is 14.4. The van der Waals surface area contributed by atoms with Crippen molar-refractivity contribution in [3.63, 3.8) is 0 Å². The van der Waals surface area contributed by atoms with Crippen LogP contribution in [-0.4, -0.2) is 23.7 Å². The zero-order chi connectivity index (χ0) is 18.4. The highest BCUT2D eigenvalue weighted by atomic mass is 32.1. The number of carbonyl (C=O) groups excluding carboxylic acids is 1. The fourth-order valence-electron chi connectivity index (χ4n) is 3.42. The van der Waals surface area contributed by atoms with Crippen molar-refractivity contribution in [2.75, 3.05) is 0 Å². The van der Waals surface area contributed by atoms with Crippen LogP contribution in [0.25, 0.3) is 20.5 Å². The maximum absolute atomic E-state index is 12.8.